The Balaban J connectivity index is 1.95. The lowest BCUT2D eigenvalue weighted by Gasteiger charge is -2.17. The van der Waals surface area contributed by atoms with E-state index >= 15 is 0 Å². The summed E-state index contributed by atoms with van der Waals surface area (Å²) in [5.41, 5.74) is 0.558. The van der Waals surface area contributed by atoms with Crippen LogP contribution in [0.2, 0.25) is 15.1 Å². The van der Waals surface area contributed by atoms with Gasteiger partial charge in [-0.1, -0.05) is 46.9 Å². The third-order valence-corrected chi connectivity index (χ3v) is 5.93. The molecule has 0 bridgehead atoms. The summed E-state index contributed by atoms with van der Waals surface area (Å²) < 4.78 is 10.4. The van der Waals surface area contributed by atoms with Crippen molar-refractivity contribution in [1.29, 1.82) is 0 Å². The second-order valence-electron chi connectivity index (χ2n) is 5.72. The van der Waals surface area contributed by atoms with Crippen molar-refractivity contribution in [2.75, 3.05) is 18.7 Å². The fourth-order valence-corrected chi connectivity index (χ4v) is 4.75. The first-order valence-corrected chi connectivity index (χ1v) is 10.4. The number of carbonyl (C=O) groups excluding carboxylic acids is 2. The number of carbonyl (C=O) groups is 2. The van der Waals surface area contributed by atoms with E-state index in [0.29, 0.717) is 15.5 Å². The monoisotopic (exact) mass is 472 g/mol. The van der Waals surface area contributed by atoms with Gasteiger partial charge in [0.05, 0.1) is 29.3 Å². The third kappa shape index (κ3) is 4.48. The first kappa shape index (κ1) is 21.8. The fraction of sp³-hybridized carbons (Fsp3) is 0.211. The predicted octanol–water partition coefficient (Wildman–Crippen LogP) is 5.29. The summed E-state index contributed by atoms with van der Waals surface area (Å²) in [6.07, 6.45) is 0. The van der Waals surface area contributed by atoms with Gasteiger partial charge in [-0.05, 0) is 31.2 Å². The van der Waals surface area contributed by atoms with Gasteiger partial charge < -0.3 is 9.47 Å². The zero-order chi connectivity index (χ0) is 21.1. The highest BCUT2D eigenvalue weighted by molar-refractivity contribution is 8.01. The van der Waals surface area contributed by atoms with Crippen LogP contribution >= 0.6 is 46.6 Å². The van der Waals surface area contributed by atoms with Crippen molar-refractivity contribution in [3.05, 3.63) is 57.0 Å². The van der Waals surface area contributed by atoms with E-state index in [1.54, 1.807) is 31.2 Å². The van der Waals surface area contributed by atoms with Crippen molar-refractivity contribution in [2.24, 2.45) is 5.10 Å². The van der Waals surface area contributed by atoms with Gasteiger partial charge in [-0.25, -0.2) is 4.79 Å². The Morgan fingerprint density at radius 1 is 1.21 bits per heavy atom. The molecule has 0 spiro atoms. The van der Waals surface area contributed by atoms with Crippen LogP contribution in [0.3, 0.4) is 0 Å². The number of thioether (sulfide) groups is 1. The highest BCUT2D eigenvalue weighted by Crippen LogP contribution is 2.41. The molecule has 10 heteroatoms. The van der Waals surface area contributed by atoms with E-state index < -0.39 is 17.1 Å². The number of halogens is 3. The number of esters is 1. The van der Waals surface area contributed by atoms with Crippen LogP contribution in [0.5, 0.6) is 0 Å². The van der Waals surface area contributed by atoms with E-state index in [9.17, 15) is 9.59 Å². The van der Waals surface area contributed by atoms with Crippen LogP contribution in [0.25, 0.3) is 0 Å². The van der Waals surface area contributed by atoms with Crippen LogP contribution in [0.15, 0.2) is 46.4 Å². The van der Waals surface area contributed by atoms with E-state index in [0.717, 1.165) is 16.8 Å². The smallest absolute Gasteiger partial charge is 0.339 e. The van der Waals surface area contributed by atoms with Crippen molar-refractivity contribution in [1.82, 2.24) is 0 Å². The number of methoxy groups -OCH3 is 1. The number of hydrogen-bond donors (Lipinski definition) is 0. The van der Waals surface area contributed by atoms with E-state index in [1.165, 1.54) is 19.2 Å². The Hall–Kier alpha value is -1.93. The molecule has 152 valence electrons. The molecule has 2 aromatic rings. The maximum absolute atomic E-state index is 13.1. The van der Waals surface area contributed by atoms with E-state index in [2.05, 4.69) is 5.10 Å². The summed E-state index contributed by atoms with van der Waals surface area (Å²) >= 11 is 19.6. The van der Waals surface area contributed by atoms with E-state index in [4.69, 9.17) is 44.3 Å². The molecule has 0 N–H and O–H groups in total. The second kappa shape index (κ2) is 9.26. The SMILES string of the molecule is CCOC(=O)c1ccccc1SC1C(=O)N(c2c(Cl)cc(Cl)cc2Cl)N=C1OC. The average molecular weight is 474 g/mol. The lowest BCUT2D eigenvalue weighted by atomic mass is 10.2. The quantitative estimate of drug-likeness (QED) is 0.552. The summed E-state index contributed by atoms with van der Waals surface area (Å²) in [7, 11) is 1.41. The predicted molar refractivity (Wildman–Crippen MR) is 115 cm³/mol. The average Bonchev–Trinajstić information content (AvgIpc) is 2.97. The van der Waals surface area contributed by atoms with E-state index in [1.807, 2.05) is 0 Å². The van der Waals surface area contributed by atoms with Gasteiger partial charge in [-0.2, -0.15) is 5.01 Å². The molecular weight excluding hydrogens is 459 g/mol. The zero-order valence-electron chi connectivity index (χ0n) is 15.3. The Morgan fingerprint density at radius 2 is 1.86 bits per heavy atom. The minimum absolute atomic E-state index is 0.153. The number of benzene rings is 2. The van der Waals surface area contributed by atoms with Crippen molar-refractivity contribution >= 4 is 70.0 Å². The topological polar surface area (TPSA) is 68.2 Å². The molecule has 1 unspecified atom stereocenters. The molecule has 1 heterocycles. The first-order chi connectivity index (χ1) is 13.9. The molecule has 6 nitrogen and oxygen atoms in total. The largest absolute Gasteiger partial charge is 0.482 e. The molecule has 0 saturated carbocycles. The van der Waals surface area contributed by atoms with E-state index in [-0.39, 0.29) is 28.2 Å². The number of ether oxygens (including phenoxy) is 2. The van der Waals surface area contributed by atoms with Crippen LogP contribution in [0.1, 0.15) is 17.3 Å². The number of nitrogens with zero attached hydrogens (tertiary/aromatic N) is 2. The molecule has 1 amide bonds. The standard InChI is InChI=1S/C19H15Cl3N2O4S/c1-3-28-19(26)11-6-4-5-7-14(11)29-16-17(27-2)23-24(18(16)25)15-12(21)8-10(20)9-13(15)22/h4-9,16H,3H2,1-2H3. The molecule has 0 aromatic heterocycles. The molecular formula is C19H15Cl3N2O4S. The molecule has 2 aromatic carbocycles. The minimum Gasteiger partial charge on any atom is -0.482 e. The Morgan fingerprint density at radius 3 is 2.48 bits per heavy atom. The van der Waals surface area contributed by atoms with Gasteiger partial charge in [0.2, 0.25) is 5.90 Å². The highest BCUT2D eigenvalue weighted by Gasteiger charge is 2.41. The lowest BCUT2D eigenvalue weighted by molar-refractivity contribution is -0.116. The van der Waals surface area contributed by atoms with Gasteiger partial charge in [0.1, 0.15) is 5.69 Å². The molecule has 29 heavy (non-hydrogen) atoms. The number of hydrazone groups is 1. The number of rotatable bonds is 5. The normalized spacial score (nSPS) is 16.0. The fourth-order valence-electron chi connectivity index (χ4n) is 2.64. The van der Waals surface area contributed by atoms with Crippen molar-refractivity contribution in [3.8, 4) is 0 Å². The molecule has 0 saturated heterocycles. The zero-order valence-corrected chi connectivity index (χ0v) is 18.4. The van der Waals surface area contributed by atoms with Gasteiger partial charge in [0.25, 0.3) is 5.91 Å². The lowest BCUT2D eigenvalue weighted by Crippen LogP contribution is -2.30. The summed E-state index contributed by atoms with van der Waals surface area (Å²) in [5.74, 6) is -0.741. The molecule has 0 aliphatic carbocycles. The molecule has 3 rings (SSSR count). The molecule has 0 radical (unpaired) electrons. The maximum Gasteiger partial charge on any atom is 0.339 e. The van der Waals surface area contributed by atoms with Gasteiger partial charge in [-0.3, -0.25) is 4.79 Å². The number of amides is 1. The van der Waals surface area contributed by atoms with Gasteiger partial charge in [-0.15, -0.1) is 16.9 Å². The van der Waals surface area contributed by atoms with Crippen molar-refractivity contribution in [3.63, 3.8) is 0 Å². The summed E-state index contributed by atoms with van der Waals surface area (Å²) in [6.45, 7) is 1.97. The Bertz CT molecular complexity index is 976. The van der Waals surface area contributed by atoms with Gasteiger partial charge in [0, 0.05) is 9.92 Å². The molecule has 1 aliphatic rings. The van der Waals surface area contributed by atoms with Gasteiger partial charge in [0.15, 0.2) is 5.25 Å². The highest BCUT2D eigenvalue weighted by atomic mass is 35.5. The molecule has 1 aliphatic heterocycles. The number of anilines is 1. The van der Waals surface area contributed by atoms with Gasteiger partial charge >= 0.3 is 5.97 Å². The molecule has 1 atom stereocenters. The van der Waals surface area contributed by atoms with Crippen LogP contribution in [-0.4, -0.2) is 36.7 Å². The Kier molecular flexibility index (Phi) is 6.95. The maximum atomic E-state index is 13.1. The summed E-state index contributed by atoms with van der Waals surface area (Å²) in [4.78, 5) is 25.9. The summed E-state index contributed by atoms with van der Waals surface area (Å²) in [6, 6.07) is 9.78. The number of hydrogen-bond acceptors (Lipinski definition) is 6. The van der Waals surface area contributed by atoms with Crippen LogP contribution in [-0.2, 0) is 14.3 Å². The first-order valence-electron chi connectivity index (χ1n) is 8.41. The third-order valence-electron chi connectivity index (χ3n) is 3.89. The summed E-state index contributed by atoms with van der Waals surface area (Å²) in [5, 5.41) is 5.16. The van der Waals surface area contributed by atoms with Crippen LogP contribution in [0.4, 0.5) is 5.69 Å². The Labute approximate surface area is 186 Å². The second-order valence-corrected chi connectivity index (χ2v) is 8.12. The molecule has 0 fully saturated rings. The van der Waals surface area contributed by atoms with Crippen LogP contribution in [0, 0.1) is 0 Å². The van der Waals surface area contributed by atoms with Crippen molar-refractivity contribution < 1.29 is 19.1 Å². The van der Waals surface area contributed by atoms with Crippen LogP contribution < -0.4 is 5.01 Å². The minimum atomic E-state index is -0.835. The van der Waals surface area contributed by atoms with Crippen molar-refractivity contribution in [2.45, 2.75) is 17.1 Å².